The molecule has 1 aliphatic rings. The van der Waals surface area contributed by atoms with E-state index in [4.69, 9.17) is 9.47 Å². The number of ether oxygens (including phenoxy) is 2. The molecule has 1 N–H and O–H groups in total. The Hall–Kier alpha value is -1.61. The maximum absolute atomic E-state index is 9.33. The summed E-state index contributed by atoms with van der Waals surface area (Å²) >= 11 is 0. The largest absolute Gasteiger partial charge is 0.383 e. The normalized spacial score (nSPS) is 15.1. The van der Waals surface area contributed by atoms with E-state index in [1.165, 1.54) is 0 Å². The second kappa shape index (κ2) is 7.85. The molecular weight excluding hydrogens is 254 g/mol. The van der Waals surface area contributed by atoms with Crippen LogP contribution in [0.5, 0.6) is 0 Å². The molecule has 5 nitrogen and oxygen atoms in total. The van der Waals surface area contributed by atoms with Crippen LogP contribution in [0.1, 0.15) is 11.1 Å². The van der Waals surface area contributed by atoms with E-state index in [0.717, 1.165) is 56.2 Å². The average Bonchev–Trinajstić information content (AvgIpc) is 2.52. The molecule has 5 heteroatoms. The van der Waals surface area contributed by atoms with E-state index >= 15 is 0 Å². The van der Waals surface area contributed by atoms with Crippen molar-refractivity contribution in [2.24, 2.45) is 0 Å². The summed E-state index contributed by atoms with van der Waals surface area (Å²) in [5.74, 6) is 0. The Bertz CT molecular complexity index is 465. The number of nitrogens with one attached hydrogen (secondary N) is 1. The first-order chi connectivity index (χ1) is 9.85. The van der Waals surface area contributed by atoms with Crippen LogP contribution < -0.4 is 10.2 Å². The van der Waals surface area contributed by atoms with Gasteiger partial charge in [0, 0.05) is 33.3 Å². The Balaban J connectivity index is 2.02. The van der Waals surface area contributed by atoms with Crippen molar-refractivity contribution in [3.8, 4) is 6.07 Å². The van der Waals surface area contributed by atoms with Gasteiger partial charge < -0.3 is 19.7 Å². The number of anilines is 1. The van der Waals surface area contributed by atoms with Crippen molar-refractivity contribution in [3.05, 3.63) is 29.3 Å². The van der Waals surface area contributed by atoms with Crippen molar-refractivity contribution >= 4 is 5.69 Å². The van der Waals surface area contributed by atoms with E-state index in [0.29, 0.717) is 6.61 Å². The molecule has 0 aromatic heterocycles. The number of hydrogen-bond acceptors (Lipinski definition) is 5. The zero-order chi connectivity index (χ0) is 14.2. The quantitative estimate of drug-likeness (QED) is 0.789. The fraction of sp³-hybridized carbons (Fsp3) is 0.533. The van der Waals surface area contributed by atoms with Crippen LogP contribution in [0.2, 0.25) is 0 Å². The van der Waals surface area contributed by atoms with Crippen LogP contribution in [0.25, 0.3) is 0 Å². The van der Waals surface area contributed by atoms with Gasteiger partial charge in [-0.3, -0.25) is 0 Å². The third kappa shape index (κ3) is 3.94. The monoisotopic (exact) mass is 275 g/mol. The van der Waals surface area contributed by atoms with Crippen LogP contribution in [-0.4, -0.2) is 46.6 Å². The number of nitrogens with zero attached hydrogens (tertiary/aromatic N) is 2. The molecule has 108 valence electrons. The summed E-state index contributed by atoms with van der Waals surface area (Å²) in [6.07, 6.45) is 0. The van der Waals surface area contributed by atoms with E-state index in [1.807, 2.05) is 12.1 Å². The number of benzene rings is 1. The van der Waals surface area contributed by atoms with Gasteiger partial charge in [0.05, 0.1) is 31.1 Å². The van der Waals surface area contributed by atoms with Gasteiger partial charge in [-0.1, -0.05) is 6.07 Å². The van der Waals surface area contributed by atoms with Crippen LogP contribution in [-0.2, 0) is 16.0 Å². The highest BCUT2D eigenvalue weighted by Crippen LogP contribution is 2.22. The number of morpholine rings is 1. The lowest BCUT2D eigenvalue weighted by Crippen LogP contribution is -2.36. The van der Waals surface area contributed by atoms with Crippen LogP contribution in [0, 0.1) is 11.3 Å². The number of rotatable bonds is 6. The molecule has 1 aromatic carbocycles. The summed E-state index contributed by atoms with van der Waals surface area (Å²) in [5.41, 5.74) is 2.86. The molecule has 0 bridgehead atoms. The van der Waals surface area contributed by atoms with Crippen molar-refractivity contribution < 1.29 is 9.47 Å². The van der Waals surface area contributed by atoms with E-state index < -0.39 is 0 Å². The van der Waals surface area contributed by atoms with E-state index in [2.05, 4.69) is 22.4 Å². The second-order valence-corrected chi connectivity index (χ2v) is 4.73. The van der Waals surface area contributed by atoms with Crippen molar-refractivity contribution in [2.45, 2.75) is 6.54 Å². The van der Waals surface area contributed by atoms with Crippen molar-refractivity contribution in [1.82, 2.24) is 5.32 Å². The molecule has 0 spiro atoms. The molecule has 0 radical (unpaired) electrons. The molecule has 1 saturated heterocycles. The van der Waals surface area contributed by atoms with Gasteiger partial charge in [-0.05, 0) is 17.7 Å². The molecular formula is C15H21N3O2. The summed E-state index contributed by atoms with van der Waals surface area (Å²) in [7, 11) is 1.69. The molecule has 1 aliphatic heterocycles. The summed E-state index contributed by atoms with van der Waals surface area (Å²) in [4.78, 5) is 2.21. The highest BCUT2D eigenvalue weighted by Gasteiger charge is 2.14. The smallest absolute Gasteiger partial charge is 0.101 e. The van der Waals surface area contributed by atoms with Gasteiger partial charge >= 0.3 is 0 Å². The molecule has 1 heterocycles. The molecule has 2 rings (SSSR count). The Morgan fingerprint density at radius 2 is 2.20 bits per heavy atom. The lowest BCUT2D eigenvalue weighted by atomic mass is 10.1. The summed E-state index contributed by atoms with van der Waals surface area (Å²) in [6.45, 7) is 5.40. The summed E-state index contributed by atoms with van der Waals surface area (Å²) < 4.78 is 10.3. The zero-order valence-corrected chi connectivity index (χ0v) is 11.9. The Kier molecular flexibility index (Phi) is 5.81. The molecule has 0 unspecified atom stereocenters. The standard InChI is InChI=1S/C15H21N3O2/c1-19-7-4-17-12-13-2-3-15(14(10-13)11-16)18-5-8-20-9-6-18/h2-3,10,17H,4-9,12H2,1H3. The van der Waals surface area contributed by atoms with Gasteiger partial charge in [0.2, 0.25) is 0 Å². The Morgan fingerprint density at radius 3 is 2.90 bits per heavy atom. The molecule has 1 aromatic rings. The number of methoxy groups -OCH3 is 1. The van der Waals surface area contributed by atoms with Crippen molar-refractivity contribution in [1.29, 1.82) is 5.26 Å². The Morgan fingerprint density at radius 1 is 1.40 bits per heavy atom. The van der Waals surface area contributed by atoms with Gasteiger partial charge in [0.1, 0.15) is 6.07 Å². The first-order valence-electron chi connectivity index (χ1n) is 6.90. The minimum Gasteiger partial charge on any atom is -0.383 e. The van der Waals surface area contributed by atoms with Crippen molar-refractivity contribution in [3.63, 3.8) is 0 Å². The van der Waals surface area contributed by atoms with Crippen LogP contribution in [0.4, 0.5) is 5.69 Å². The van der Waals surface area contributed by atoms with E-state index in [-0.39, 0.29) is 0 Å². The predicted molar refractivity (Wildman–Crippen MR) is 77.8 cm³/mol. The first-order valence-corrected chi connectivity index (χ1v) is 6.90. The van der Waals surface area contributed by atoms with Gasteiger partial charge in [0.25, 0.3) is 0 Å². The van der Waals surface area contributed by atoms with Gasteiger partial charge in [-0.15, -0.1) is 0 Å². The highest BCUT2D eigenvalue weighted by atomic mass is 16.5. The lowest BCUT2D eigenvalue weighted by molar-refractivity contribution is 0.122. The fourth-order valence-corrected chi connectivity index (χ4v) is 2.27. The highest BCUT2D eigenvalue weighted by molar-refractivity contribution is 5.60. The maximum atomic E-state index is 9.33. The SMILES string of the molecule is COCCNCc1ccc(N2CCOCC2)c(C#N)c1. The van der Waals surface area contributed by atoms with E-state index in [1.54, 1.807) is 7.11 Å². The van der Waals surface area contributed by atoms with Gasteiger partial charge in [-0.25, -0.2) is 0 Å². The average molecular weight is 275 g/mol. The lowest BCUT2D eigenvalue weighted by Gasteiger charge is -2.29. The Labute approximate surface area is 120 Å². The minimum absolute atomic E-state index is 0.691. The number of nitriles is 1. The predicted octanol–water partition coefficient (Wildman–Crippen LogP) is 1.13. The fourth-order valence-electron chi connectivity index (χ4n) is 2.27. The third-order valence-electron chi connectivity index (χ3n) is 3.35. The minimum atomic E-state index is 0.691. The van der Waals surface area contributed by atoms with E-state index in [9.17, 15) is 5.26 Å². The first kappa shape index (κ1) is 14.8. The van der Waals surface area contributed by atoms with Gasteiger partial charge in [-0.2, -0.15) is 5.26 Å². The number of hydrogen-bond donors (Lipinski definition) is 1. The summed E-state index contributed by atoms with van der Waals surface area (Å²) in [5, 5.41) is 12.6. The summed E-state index contributed by atoms with van der Waals surface area (Å²) in [6, 6.07) is 8.38. The topological polar surface area (TPSA) is 57.5 Å². The third-order valence-corrected chi connectivity index (χ3v) is 3.35. The van der Waals surface area contributed by atoms with Crippen molar-refractivity contribution in [2.75, 3.05) is 51.5 Å². The molecule has 0 aliphatic carbocycles. The van der Waals surface area contributed by atoms with Crippen LogP contribution in [0.3, 0.4) is 0 Å². The molecule has 0 saturated carbocycles. The second-order valence-electron chi connectivity index (χ2n) is 4.73. The molecule has 0 amide bonds. The van der Waals surface area contributed by atoms with Crippen LogP contribution >= 0.6 is 0 Å². The molecule has 1 fully saturated rings. The molecule has 0 atom stereocenters. The van der Waals surface area contributed by atoms with Gasteiger partial charge in [0.15, 0.2) is 0 Å². The maximum Gasteiger partial charge on any atom is 0.101 e. The zero-order valence-electron chi connectivity index (χ0n) is 11.9. The van der Waals surface area contributed by atoms with Crippen LogP contribution in [0.15, 0.2) is 18.2 Å². The molecule has 20 heavy (non-hydrogen) atoms.